The smallest absolute Gasteiger partial charge is 0.235 e. The van der Waals surface area contributed by atoms with Crippen molar-refractivity contribution < 1.29 is 0 Å². The molecule has 6 heterocycles. The minimum atomic E-state index is 0.588. The molecule has 0 fully saturated rings. The molecule has 6 aromatic heterocycles. The Balaban J connectivity index is 0.741. The summed E-state index contributed by atoms with van der Waals surface area (Å²) < 4.78 is 9.61. The van der Waals surface area contributed by atoms with Gasteiger partial charge in [-0.2, -0.15) is 0 Å². The Morgan fingerprint density at radius 1 is 0.169 bits per heavy atom. The van der Waals surface area contributed by atoms with E-state index in [0.29, 0.717) is 11.9 Å². The first-order valence-corrected chi connectivity index (χ1v) is 42.6. The van der Waals surface area contributed by atoms with E-state index in [1.54, 1.807) is 0 Å². The molecule has 0 aliphatic carbocycles. The van der Waals surface area contributed by atoms with Gasteiger partial charge in [-0.25, -0.2) is 19.9 Å². The highest BCUT2D eigenvalue weighted by molar-refractivity contribution is 6.39. The lowest BCUT2D eigenvalue weighted by Crippen LogP contribution is -2.05. The second-order valence-electron chi connectivity index (χ2n) is 33.3. The summed E-state index contributed by atoms with van der Waals surface area (Å²) in [6.45, 7) is 0. The summed E-state index contributed by atoms with van der Waals surface area (Å²) in [6, 6.07) is 148. The fourth-order valence-electron chi connectivity index (χ4n) is 22.0. The molecule has 28 rings (SSSR count). The molecule has 22 aromatic carbocycles. The zero-order chi connectivity index (χ0) is 80.7. The highest BCUT2D eigenvalue weighted by Crippen LogP contribution is 2.53. The van der Waals surface area contributed by atoms with Crippen LogP contribution in [0.3, 0.4) is 0 Å². The molecular weight excluding hydrogens is 1510 g/mol. The van der Waals surface area contributed by atoms with Crippen LogP contribution in [0.5, 0.6) is 0 Å². The summed E-state index contributed by atoms with van der Waals surface area (Å²) >= 11 is 0. The van der Waals surface area contributed by atoms with Gasteiger partial charge in [0, 0.05) is 103 Å². The van der Waals surface area contributed by atoms with Crippen LogP contribution in [0.4, 0.5) is 0 Å². The third kappa shape index (κ3) is 9.23. The van der Waals surface area contributed by atoms with Gasteiger partial charge in [0.2, 0.25) is 11.9 Å². The minimum Gasteiger partial charge on any atom is -0.309 e. The van der Waals surface area contributed by atoms with Crippen LogP contribution < -0.4 is 0 Å². The van der Waals surface area contributed by atoms with E-state index in [0.717, 1.165) is 224 Å². The van der Waals surface area contributed by atoms with Crippen LogP contribution in [-0.2, 0) is 0 Å². The molecule has 0 N–H and O–H groups in total. The molecular formula is C116H66N8. The van der Waals surface area contributed by atoms with Gasteiger partial charge in [0.1, 0.15) is 0 Å². The Bertz CT molecular complexity index is 9610. The Hall–Kier alpha value is -16.7. The van der Waals surface area contributed by atoms with Crippen LogP contribution in [0.25, 0.3) is 274 Å². The second kappa shape index (κ2) is 25.4. The normalized spacial score (nSPS) is 12.4. The SMILES string of the molecule is c1ccc(-n2c3ccccc3c3c(-c4nc(-n5c6ccc7c8ccccc8c8ccccc8c7c6c6ccc7ccccc7c65)nc5c4c(-c4ccc6c(c4)c4ccccc4c4ccc7c(c8ccc9ccccc9c8n7-c7nc(-c8cccc9c8c8ccccc8n9-c8ccccc8)c8c(ccc9ccccc98)n7)c46)cc4ccccc45)cccc32)cc1. The van der Waals surface area contributed by atoms with Gasteiger partial charge in [-0.05, 0) is 171 Å². The number of aromatic nitrogens is 8. The van der Waals surface area contributed by atoms with Crippen molar-refractivity contribution in [3.05, 3.63) is 400 Å². The van der Waals surface area contributed by atoms with Crippen LogP contribution in [0.2, 0.25) is 0 Å². The van der Waals surface area contributed by atoms with Gasteiger partial charge in [-0.1, -0.05) is 322 Å². The van der Waals surface area contributed by atoms with Gasteiger partial charge in [0.15, 0.2) is 0 Å². The average molecular weight is 1570 g/mol. The van der Waals surface area contributed by atoms with Crippen molar-refractivity contribution in [2.75, 3.05) is 0 Å². The fraction of sp³-hybridized carbons (Fsp3) is 0. The summed E-state index contributed by atoms with van der Waals surface area (Å²) in [5, 5.41) is 34.1. The molecule has 28 aromatic rings. The predicted octanol–water partition coefficient (Wildman–Crippen LogP) is 30.5. The van der Waals surface area contributed by atoms with Crippen molar-refractivity contribution in [2.24, 2.45) is 0 Å². The Kier molecular flexibility index (Phi) is 13.8. The Morgan fingerprint density at radius 2 is 0.540 bits per heavy atom. The molecule has 0 aliphatic rings. The first-order valence-electron chi connectivity index (χ1n) is 42.6. The maximum Gasteiger partial charge on any atom is 0.235 e. The molecule has 0 saturated carbocycles. The maximum atomic E-state index is 6.33. The second-order valence-corrected chi connectivity index (χ2v) is 33.3. The Labute approximate surface area is 707 Å². The van der Waals surface area contributed by atoms with E-state index in [2.05, 4.69) is 419 Å². The van der Waals surface area contributed by atoms with E-state index < -0.39 is 0 Å². The van der Waals surface area contributed by atoms with E-state index in [4.69, 9.17) is 19.9 Å². The number of rotatable bonds is 7. The molecule has 0 saturated heterocycles. The lowest BCUT2D eigenvalue weighted by atomic mass is 9.88. The summed E-state index contributed by atoms with van der Waals surface area (Å²) in [5.74, 6) is 1.18. The number of nitrogens with zero attached hydrogens (tertiary/aromatic N) is 8. The molecule has 0 amide bonds. The number of fused-ring (bicyclic) bond motifs is 36. The van der Waals surface area contributed by atoms with Crippen molar-refractivity contribution in [1.82, 2.24) is 38.2 Å². The van der Waals surface area contributed by atoms with Gasteiger partial charge in [-0.3, -0.25) is 9.13 Å². The molecule has 124 heavy (non-hydrogen) atoms. The predicted molar refractivity (Wildman–Crippen MR) is 521 cm³/mol. The summed E-state index contributed by atoms with van der Waals surface area (Å²) in [6.07, 6.45) is 0. The van der Waals surface area contributed by atoms with Crippen LogP contribution in [0, 0.1) is 0 Å². The third-order valence-corrected chi connectivity index (χ3v) is 27.0. The molecule has 0 radical (unpaired) electrons. The number of hydrogen-bond donors (Lipinski definition) is 0. The number of hydrogen-bond acceptors (Lipinski definition) is 4. The van der Waals surface area contributed by atoms with Crippen molar-refractivity contribution >= 4 is 217 Å². The molecule has 0 unspecified atom stereocenters. The topological polar surface area (TPSA) is 71.3 Å². The quantitative estimate of drug-likeness (QED) is 0.149. The average Bonchev–Trinajstić information content (AvgIpc) is 1.47. The Morgan fingerprint density at radius 3 is 1.08 bits per heavy atom. The molecule has 570 valence electrons. The molecule has 8 nitrogen and oxygen atoms in total. The van der Waals surface area contributed by atoms with Crippen molar-refractivity contribution in [3.8, 4) is 56.9 Å². The molecule has 0 atom stereocenters. The first-order chi connectivity index (χ1) is 61.6. The first kappa shape index (κ1) is 67.2. The van der Waals surface area contributed by atoms with Crippen molar-refractivity contribution in [2.45, 2.75) is 0 Å². The largest absolute Gasteiger partial charge is 0.309 e. The van der Waals surface area contributed by atoms with Crippen LogP contribution in [0.15, 0.2) is 400 Å². The van der Waals surface area contributed by atoms with Crippen LogP contribution in [0.1, 0.15) is 0 Å². The third-order valence-electron chi connectivity index (χ3n) is 27.0. The van der Waals surface area contributed by atoms with E-state index in [1.165, 1.54) is 37.7 Å². The van der Waals surface area contributed by atoms with Crippen molar-refractivity contribution in [3.63, 3.8) is 0 Å². The monoisotopic (exact) mass is 1570 g/mol. The van der Waals surface area contributed by atoms with E-state index >= 15 is 0 Å². The van der Waals surface area contributed by atoms with Crippen LogP contribution in [-0.4, -0.2) is 38.2 Å². The highest BCUT2D eigenvalue weighted by atomic mass is 15.2. The molecule has 8 heteroatoms. The molecule has 0 bridgehead atoms. The van der Waals surface area contributed by atoms with E-state index in [9.17, 15) is 0 Å². The van der Waals surface area contributed by atoms with Gasteiger partial charge in [-0.15, -0.1) is 0 Å². The standard InChI is InChI=1S/C116H66N8/c1-3-31-72(32-4-1)121-96-49-23-21-45-87(96)102-89(47-25-51-98(102)121)111-106-74-35-11-7-27-67(74)56-62-95(106)117-115(119-111)123-100-63-61-85-81-42-17-18-43-82(81)94-66-71(55-57-86(94)105(85)108(100)92-59-54-68-28-8-13-37-76(68)113(92)123)93-65-70-30-10-12-36-75(70)110-109(93)112(90-48-26-52-99-103(90)88-46-22-24-50-97(88)122(99)73-33-5-2-6-34-73)120-116(118-110)124-101-64-60-84-80-41-16-15-39-78(80)79-40-19-20-44-83(79)104(84)107(101)91-58-53-69-29-9-14-38-77(69)114(91)124/h1-66H. The molecule has 0 aliphatic heterocycles. The number of para-hydroxylation sites is 4. The summed E-state index contributed by atoms with van der Waals surface area (Å²) in [5.41, 5.74) is 18.3. The van der Waals surface area contributed by atoms with E-state index in [-0.39, 0.29) is 0 Å². The maximum absolute atomic E-state index is 6.33. The summed E-state index contributed by atoms with van der Waals surface area (Å²) in [4.78, 5) is 24.5. The summed E-state index contributed by atoms with van der Waals surface area (Å²) in [7, 11) is 0. The van der Waals surface area contributed by atoms with Crippen LogP contribution >= 0.6 is 0 Å². The zero-order valence-electron chi connectivity index (χ0n) is 66.7. The molecule has 0 spiro atoms. The lowest BCUT2D eigenvalue weighted by Gasteiger charge is -2.19. The highest BCUT2D eigenvalue weighted by Gasteiger charge is 2.30. The van der Waals surface area contributed by atoms with Crippen molar-refractivity contribution in [1.29, 1.82) is 0 Å². The minimum absolute atomic E-state index is 0.588. The van der Waals surface area contributed by atoms with Gasteiger partial charge >= 0.3 is 0 Å². The fourth-order valence-corrected chi connectivity index (χ4v) is 22.0. The van der Waals surface area contributed by atoms with E-state index in [1.807, 2.05) is 0 Å². The van der Waals surface area contributed by atoms with Gasteiger partial charge in [0.05, 0.1) is 66.6 Å². The zero-order valence-corrected chi connectivity index (χ0v) is 66.7. The number of benzene rings is 22. The van der Waals surface area contributed by atoms with Gasteiger partial charge in [0.25, 0.3) is 0 Å². The van der Waals surface area contributed by atoms with Gasteiger partial charge < -0.3 is 9.13 Å². The lowest BCUT2D eigenvalue weighted by molar-refractivity contribution is 1.02.